The minimum Gasteiger partial charge on any atom is -0.493 e. The number of nitrogens with zero attached hydrogens (tertiary/aromatic N) is 1. The molecule has 5 nitrogen and oxygen atoms in total. The fourth-order valence-electron chi connectivity index (χ4n) is 5.51. The summed E-state index contributed by atoms with van der Waals surface area (Å²) in [5, 5.41) is 2.97. The Bertz CT molecular complexity index is 1150. The third kappa shape index (κ3) is 14.1. The molecule has 1 aliphatic rings. The van der Waals surface area contributed by atoms with Crippen molar-refractivity contribution in [3.05, 3.63) is 83.6 Å². The van der Waals surface area contributed by atoms with E-state index in [4.69, 9.17) is 4.74 Å². The first kappa shape index (κ1) is 34.2. The van der Waals surface area contributed by atoms with Crippen LogP contribution in [0, 0.1) is 0 Å². The predicted octanol–water partition coefficient (Wildman–Crippen LogP) is 9.82. The van der Waals surface area contributed by atoms with E-state index < -0.39 is 0 Å². The Morgan fingerprint density at radius 2 is 1.37 bits per heavy atom. The van der Waals surface area contributed by atoms with Gasteiger partial charge in [-0.05, 0) is 61.0 Å². The molecule has 2 aromatic rings. The number of hydrogen-bond donors (Lipinski definition) is 1. The van der Waals surface area contributed by atoms with Crippen LogP contribution in [-0.4, -0.2) is 29.7 Å². The lowest BCUT2D eigenvalue weighted by Crippen LogP contribution is -2.18. The third-order valence-electron chi connectivity index (χ3n) is 8.05. The average molecular weight is 587 g/mol. The van der Waals surface area contributed by atoms with E-state index in [0.29, 0.717) is 17.9 Å². The van der Waals surface area contributed by atoms with Crippen LogP contribution in [0.25, 0.3) is 0 Å². The van der Waals surface area contributed by atoms with Crippen molar-refractivity contribution in [2.75, 3.05) is 18.5 Å². The summed E-state index contributed by atoms with van der Waals surface area (Å²) in [4.78, 5) is 27.3. The van der Waals surface area contributed by atoms with Crippen molar-refractivity contribution < 1.29 is 14.3 Å². The van der Waals surface area contributed by atoms with Gasteiger partial charge < -0.3 is 15.0 Å². The molecule has 1 N–H and O–H groups in total. The van der Waals surface area contributed by atoms with E-state index >= 15 is 0 Å². The van der Waals surface area contributed by atoms with Crippen LogP contribution in [0.1, 0.15) is 125 Å². The molecule has 0 aromatic heterocycles. The average Bonchev–Trinajstić information content (AvgIpc) is 3.01. The van der Waals surface area contributed by atoms with Gasteiger partial charge in [-0.25, -0.2) is 0 Å². The van der Waals surface area contributed by atoms with Crippen LogP contribution in [0.3, 0.4) is 0 Å². The molecule has 0 fully saturated rings. The van der Waals surface area contributed by atoms with E-state index in [9.17, 15) is 9.59 Å². The van der Waals surface area contributed by atoms with Crippen molar-refractivity contribution in [2.45, 2.75) is 117 Å². The molecule has 0 saturated carbocycles. The van der Waals surface area contributed by atoms with E-state index in [0.717, 1.165) is 37.2 Å². The van der Waals surface area contributed by atoms with Gasteiger partial charge in [0, 0.05) is 18.8 Å². The quantitative estimate of drug-likeness (QED) is 0.110. The maximum atomic E-state index is 12.7. The third-order valence-corrected chi connectivity index (χ3v) is 8.05. The number of nitrogens with one attached hydrogen (secondary N) is 1. The van der Waals surface area contributed by atoms with Gasteiger partial charge in [0.2, 0.25) is 5.91 Å². The first-order valence-corrected chi connectivity index (χ1v) is 16.8. The molecule has 234 valence electrons. The molecule has 0 atom stereocenters. The van der Waals surface area contributed by atoms with E-state index in [-0.39, 0.29) is 18.1 Å². The fourth-order valence-corrected chi connectivity index (χ4v) is 5.51. The molecular weight excluding hydrogens is 532 g/mol. The lowest BCUT2D eigenvalue weighted by molar-refractivity contribution is -0.115. The molecule has 0 unspecified atom stereocenters. The van der Waals surface area contributed by atoms with Crippen molar-refractivity contribution in [1.29, 1.82) is 0 Å². The van der Waals surface area contributed by atoms with Crippen LogP contribution >= 0.6 is 0 Å². The number of ether oxygens (including phenoxy) is 1. The molecule has 3 rings (SSSR count). The van der Waals surface area contributed by atoms with Gasteiger partial charge in [-0.1, -0.05) is 121 Å². The summed E-state index contributed by atoms with van der Waals surface area (Å²) in [6, 6.07) is 13.5. The number of allylic oxidation sites excluding steroid dienone is 2. The monoisotopic (exact) mass is 586 g/mol. The van der Waals surface area contributed by atoms with Crippen molar-refractivity contribution in [2.24, 2.45) is 0 Å². The molecule has 0 radical (unpaired) electrons. The zero-order chi connectivity index (χ0) is 30.5. The number of ketones is 1. The second-order valence-corrected chi connectivity index (χ2v) is 12.0. The maximum absolute atomic E-state index is 12.7. The van der Waals surface area contributed by atoms with Gasteiger partial charge in [0.25, 0.3) is 0 Å². The maximum Gasteiger partial charge on any atom is 0.228 e. The number of benzene rings is 2. The number of unbranched alkanes of at least 4 members (excludes halogenated alkanes) is 13. The van der Waals surface area contributed by atoms with Gasteiger partial charge in [-0.2, -0.15) is 0 Å². The fraction of sp³-hybridized carbons (Fsp3) is 0.526. The van der Waals surface area contributed by atoms with E-state index in [1.165, 1.54) is 82.6 Å². The second-order valence-electron chi connectivity index (χ2n) is 12.0. The number of carbonyl (C=O) groups excluding carboxylic acids is 2. The van der Waals surface area contributed by atoms with Gasteiger partial charge in [-0.3, -0.25) is 9.59 Å². The van der Waals surface area contributed by atoms with E-state index in [1.807, 2.05) is 42.5 Å². The number of Topliss-reactive ketones (excluding diaryl/α,β-unsaturated/α-hetero) is 1. The second kappa shape index (κ2) is 20.5. The molecule has 1 heterocycles. The van der Waals surface area contributed by atoms with Crippen molar-refractivity contribution in [3.8, 4) is 5.75 Å². The molecule has 2 aromatic carbocycles. The minimum absolute atomic E-state index is 0.0483. The molecule has 0 aliphatic carbocycles. The summed E-state index contributed by atoms with van der Waals surface area (Å²) >= 11 is 0. The van der Waals surface area contributed by atoms with Gasteiger partial charge in [0.1, 0.15) is 5.75 Å². The Balaban J connectivity index is 1.30. The van der Waals surface area contributed by atoms with E-state index in [2.05, 4.69) is 35.5 Å². The van der Waals surface area contributed by atoms with Crippen LogP contribution in [0.4, 0.5) is 5.69 Å². The number of hydrogen-bond acceptors (Lipinski definition) is 4. The summed E-state index contributed by atoms with van der Waals surface area (Å²) in [6.45, 7) is 6.17. The summed E-state index contributed by atoms with van der Waals surface area (Å²) < 4.78 is 5.99. The molecule has 43 heavy (non-hydrogen) atoms. The van der Waals surface area contributed by atoms with Gasteiger partial charge >= 0.3 is 0 Å². The summed E-state index contributed by atoms with van der Waals surface area (Å²) in [7, 11) is 0. The Morgan fingerprint density at radius 3 is 1.95 bits per heavy atom. The summed E-state index contributed by atoms with van der Waals surface area (Å²) in [5.74, 6) is 0.455. The van der Waals surface area contributed by atoms with Gasteiger partial charge in [0.05, 0.1) is 18.6 Å². The number of carbonyl (C=O) groups is 2. The van der Waals surface area contributed by atoms with Crippen LogP contribution in [0.15, 0.2) is 66.9 Å². The van der Waals surface area contributed by atoms with Crippen molar-refractivity contribution in [1.82, 2.24) is 4.90 Å². The number of amides is 1. The highest BCUT2D eigenvalue weighted by molar-refractivity contribution is 5.98. The molecule has 1 amide bonds. The van der Waals surface area contributed by atoms with Crippen LogP contribution in [0.2, 0.25) is 0 Å². The molecule has 5 heteroatoms. The largest absolute Gasteiger partial charge is 0.493 e. The summed E-state index contributed by atoms with van der Waals surface area (Å²) in [5.41, 5.74) is 3.30. The summed E-state index contributed by atoms with van der Waals surface area (Å²) in [6.07, 6.45) is 27.0. The smallest absolute Gasteiger partial charge is 0.228 e. The highest BCUT2D eigenvalue weighted by Crippen LogP contribution is 2.23. The Hall–Kier alpha value is -3.34. The molecule has 1 aliphatic heterocycles. The standard InChI is InChI=1S/C38H54N2O3/c1-3-4-5-6-7-8-9-10-11-12-13-14-15-19-28-43-37-25-22-34(29-36(37)32(2)41)30-38(42)39-35-23-20-33(21-24-35)31-40-26-17-16-18-27-40/h16-18,20-26,29H,3-15,19,27-28,30-31H2,1-2H3,(H,39,42). The molecule has 0 spiro atoms. The lowest BCUT2D eigenvalue weighted by atomic mass is 10.0. The van der Waals surface area contributed by atoms with Crippen LogP contribution in [-0.2, 0) is 17.8 Å². The topological polar surface area (TPSA) is 58.6 Å². The van der Waals surface area contributed by atoms with Crippen LogP contribution in [0.5, 0.6) is 5.75 Å². The molecule has 0 saturated heterocycles. The van der Waals surface area contributed by atoms with Gasteiger partial charge in [0.15, 0.2) is 5.78 Å². The first-order chi connectivity index (χ1) is 21.0. The normalized spacial score (nSPS) is 12.5. The SMILES string of the molecule is CCCCCCCCCCCCCCCCOc1ccc(CC(=O)Nc2ccc(CN3C=CC=CC3)cc2)cc1C(C)=O. The number of rotatable bonds is 22. The van der Waals surface area contributed by atoms with Crippen molar-refractivity contribution in [3.63, 3.8) is 0 Å². The molecule has 0 bridgehead atoms. The Morgan fingerprint density at radius 1 is 0.767 bits per heavy atom. The Kier molecular flexibility index (Phi) is 16.3. The number of anilines is 1. The van der Waals surface area contributed by atoms with Gasteiger partial charge in [-0.15, -0.1) is 0 Å². The minimum atomic E-state index is -0.109. The Labute approximate surface area is 260 Å². The first-order valence-electron chi connectivity index (χ1n) is 16.8. The zero-order valence-corrected chi connectivity index (χ0v) is 26.8. The zero-order valence-electron chi connectivity index (χ0n) is 26.8. The molecular formula is C38H54N2O3. The lowest BCUT2D eigenvalue weighted by Gasteiger charge is -2.20. The highest BCUT2D eigenvalue weighted by Gasteiger charge is 2.12. The van der Waals surface area contributed by atoms with Crippen molar-refractivity contribution >= 4 is 17.4 Å². The highest BCUT2D eigenvalue weighted by atomic mass is 16.5. The van der Waals surface area contributed by atoms with Crippen LogP contribution < -0.4 is 10.1 Å². The predicted molar refractivity (Wildman–Crippen MR) is 180 cm³/mol. The van der Waals surface area contributed by atoms with E-state index in [1.54, 1.807) is 13.0 Å².